The maximum Gasteiger partial charge on any atom is 0.325 e. The Balaban J connectivity index is 1.93. The molecule has 1 aromatic carbocycles. The van der Waals surface area contributed by atoms with Crippen LogP contribution in [0.5, 0.6) is 0 Å². The van der Waals surface area contributed by atoms with E-state index in [1.54, 1.807) is 0 Å². The maximum absolute atomic E-state index is 11.8. The third-order valence-corrected chi connectivity index (χ3v) is 3.62. The van der Waals surface area contributed by atoms with E-state index in [0.717, 1.165) is 0 Å². The van der Waals surface area contributed by atoms with Crippen molar-refractivity contribution in [2.75, 3.05) is 13.7 Å². The van der Waals surface area contributed by atoms with Crippen LogP contribution in [0.4, 0.5) is 0 Å². The van der Waals surface area contributed by atoms with Gasteiger partial charge in [0.1, 0.15) is 6.54 Å². The zero-order chi connectivity index (χ0) is 13.7. The van der Waals surface area contributed by atoms with Crippen LogP contribution in [0.15, 0.2) is 24.3 Å². The first-order valence-electron chi connectivity index (χ1n) is 6.65. The van der Waals surface area contributed by atoms with E-state index in [2.05, 4.69) is 10.1 Å². The van der Waals surface area contributed by atoms with Crippen molar-refractivity contribution in [3.63, 3.8) is 0 Å². The van der Waals surface area contributed by atoms with Crippen molar-refractivity contribution in [3.05, 3.63) is 35.4 Å². The summed E-state index contributed by atoms with van der Waals surface area (Å²) in [7, 11) is 1.30. The smallest absolute Gasteiger partial charge is 0.325 e. The van der Waals surface area contributed by atoms with Gasteiger partial charge in [0.2, 0.25) is 0 Å². The van der Waals surface area contributed by atoms with Gasteiger partial charge >= 0.3 is 5.97 Å². The zero-order valence-corrected chi connectivity index (χ0v) is 11.1. The molecule has 0 atom stereocenters. The number of hydrogen-bond donors (Lipinski definition) is 1. The number of carbonyl (C=O) groups is 2. The van der Waals surface area contributed by atoms with Gasteiger partial charge in [-0.15, -0.1) is 0 Å². The molecule has 2 rings (SSSR count). The van der Waals surface area contributed by atoms with Crippen LogP contribution in [0, 0.1) is 0 Å². The highest BCUT2D eigenvalue weighted by molar-refractivity contribution is 5.95. The minimum absolute atomic E-state index is 0.0975. The van der Waals surface area contributed by atoms with Crippen molar-refractivity contribution in [1.29, 1.82) is 0 Å². The highest BCUT2D eigenvalue weighted by Gasteiger charge is 2.17. The second kappa shape index (κ2) is 6.36. The summed E-state index contributed by atoms with van der Waals surface area (Å²) >= 11 is 0. The summed E-state index contributed by atoms with van der Waals surface area (Å²) in [5.41, 5.74) is 1.88. The first-order valence-corrected chi connectivity index (χ1v) is 6.65. The fourth-order valence-electron chi connectivity index (χ4n) is 2.49. The van der Waals surface area contributed by atoms with Gasteiger partial charge in [0.25, 0.3) is 5.91 Å². The Morgan fingerprint density at radius 2 is 1.84 bits per heavy atom. The van der Waals surface area contributed by atoms with Gasteiger partial charge in [0, 0.05) is 5.56 Å². The summed E-state index contributed by atoms with van der Waals surface area (Å²) in [5.74, 6) is -0.0496. The molecule has 0 aromatic heterocycles. The Kier molecular flexibility index (Phi) is 4.55. The molecule has 0 aliphatic heterocycles. The standard InChI is InChI=1S/C15H19NO3/c1-19-14(17)10-16-15(18)13-8-6-12(7-9-13)11-4-2-3-5-11/h6-9,11H,2-5,10H2,1H3,(H,16,18). The summed E-state index contributed by atoms with van der Waals surface area (Å²) in [6.07, 6.45) is 5.08. The molecule has 1 aromatic rings. The molecule has 0 unspecified atom stereocenters. The SMILES string of the molecule is COC(=O)CNC(=O)c1ccc(C2CCCC2)cc1. The Bertz CT molecular complexity index is 447. The molecule has 102 valence electrons. The van der Waals surface area contributed by atoms with Gasteiger partial charge in [-0.1, -0.05) is 25.0 Å². The monoisotopic (exact) mass is 261 g/mol. The fourth-order valence-corrected chi connectivity index (χ4v) is 2.49. The van der Waals surface area contributed by atoms with Crippen molar-refractivity contribution in [3.8, 4) is 0 Å². The maximum atomic E-state index is 11.8. The number of benzene rings is 1. The van der Waals surface area contributed by atoms with Crippen LogP contribution in [0.25, 0.3) is 0 Å². The lowest BCUT2D eigenvalue weighted by atomic mass is 9.96. The van der Waals surface area contributed by atoms with E-state index in [1.165, 1.54) is 38.4 Å². The molecular weight excluding hydrogens is 242 g/mol. The largest absolute Gasteiger partial charge is 0.468 e. The third kappa shape index (κ3) is 3.56. The summed E-state index contributed by atoms with van der Waals surface area (Å²) in [5, 5.41) is 2.53. The van der Waals surface area contributed by atoms with Crippen molar-refractivity contribution >= 4 is 11.9 Å². The number of nitrogens with one attached hydrogen (secondary N) is 1. The second-order valence-electron chi connectivity index (χ2n) is 4.86. The lowest BCUT2D eigenvalue weighted by Crippen LogP contribution is -2.30. The molecule has 1 amide bonds. The first-order chi connectivity index (χ1) is 9.20. The van der Waals surface area contributed by atoms with Gasteiger partial charge in [-0.05, 0) is 36.5 Å². The summed E-state index contributed by atoms with van der Waals surface area (Å²) in [6.45, 7) is -0.0975. The van der Waals surface area contributed by atoms with Crippen molar-refractivity contribution in [2.24, 2.45) is 0 Å². The summed E-state index contributed by atoms with van der Waals surface area (Å²) < 4.78 is 4.47. The molecule has 19 heavy (non-hydrogen) atoms. The quantitative estimate of drug-likeness (QED) is 0.846. The van der Waals surface area contributed by atoms with Crippen LogP contribution in [-0.2, 0) is 9.53 Å². The van der Waals surface area contributed by atoms with Gasteiger partial charge in [-0.3, -0.25) is 9.59 Å². The first kappa shape index (κ1) is 13.6. The van der Waals surface area contributed by atoms with Crippen molar-refractivity contribution in [2.45, 2.75) is 31.6 Å². The van der Waals surface area contributed by atoms with Crippen LogP contribution in [0.2, 0.25) is 0 Å². The Labute approximate surface area is 113 Å². The van der Waals surface area contributed by atoms with Crippen molar-refractivity contribution < 1.29 is 14.3 Å². The van der Waals surface area contributed by atoms with Crippen molar-refractivity contribution in [1.82, 2.24) is 5.32 Å². The lowest BCUT2D eigenvalue weighted by Gasteiger charge is -2.10. The normalized spacial score (nSPS) is 15.2. The zero-order valence-electron chi connectivity index (χ0n) is 11.1. The minimum atomic E-state index is -0.448. The van der Waals surface area contributed by atoms with Crippen LogP contribution in [-0.4, -0.2) is 25.5 Å². The second-order valence-corrected chi connectivity index (χ2v) is 4.86. The Morgan fingerprint density at radius 1 is 1.21 bits per heavy atom. The number of esters is 1. The number of hydrogen-bond acceptors (Lipinski definition) is 3. The molecule has 1 aliphatic rings. The minimum Gasteiger partial charge on any atom is -0.468 e. The summed E-state index contributed by atoms with van der Waals surface area (Å²) in [4.78, 5) is 22.7. The number of amides is 1. The molecule has 4 nitrogen and oxygen atoms in total. The molecule has 0 spiro atoms. The van der Waals surface area contributed by atoms with Gasteiger partial charge in [-0.25, -0.2) is 0 Å². The van der Waals surface area contributed by atoms with E-state index in [1.807, 2.05) is 24.3 Å². The number of carbonyl (C=O) groups excluding carboxylic acids is 2. The van der Waals surface area contributed by atoms with Crippen LogP contribution >= 0.6 is 0 Å². The van der Waals surface area contributed by atoms with E-state index in [-0.39, 0.29) is 12.5 Å². The number of rotatable bonds is 4. The highest BCUT2D eigenvalue weighted by atomic mass is 16.5. The van der Waals surface area contributed by atoms with E-state index in [9.17, 15) is 9.59 Å². The van der Waals surface area contributed by atoms with Gasteiger partial charge in [-0.2, -0.15) is 0 Å². The molecule has 1 saturated carbocycles. The molecular formula is C15H19NO3. The number of methoxy groups -OCH3 is 1. The van der Waals surface area contributed by atoms with Crippen LogP contribution < -0.4 is 5.32 Å². The number of ether oxygens (including phenoxy) is 1. The van der Waals surface area contributed by atoms with Crippen LogP contribution in [0.3, 0.4) is 0 Å². The van der Waals surface area contributed by atoms with E-state index >= 15 is 0 Å². The molecule has 0 heterocycles. The van der Waals surface area contributed by atoms with Gasteiger partial charge in [0.15, 0.2) is 0 Å². The lowest BCUT2D eigenvalue weighted by molar-refractivity contribution is -0.139. The topological polar surface area (TPSA) is 55.4 Å². The van der Waals surface area contributed by atoms with E-state index in [0.29, 0.717) is 11.5 Å². The average Bonchev–Trinajstić information content (AvgIpc) is 2.98. The van der Waals surface area contributed by atoms with E-state index < -0.39 is 5.97 Å². The highest BCUT2D eigenvalue weighted by Crippen LogP contribution is 2.33. The molecule has 1 fully saturated rings. The molecule has 0 radical (unpaired) electrons. The molecule has 1 aliphatic carbocycles. The van der Waals surface area contributed by atoms with Gasteiger partial charge < -0.3 is 10.1 Å². The fraction of sp³-hybridized carbons (Fsp3) is 0.467. The summed E-state index contributed by atoms with van der Waals surface area (Å²) in [6, 6.07) is 7.67. The molecule has 0 bridgehead atoms. The predicted octanol–water partition coefficient (Wildman–Crippen LogP) is 2.25. The molecule has 4 heteroatoms. The van der Waals surface area contributed by atoms with Gasteiger partial charge in [0.05, 0.1) is 7.11 Å². The molecule has 0 saturated heterocycles. The van der Waals surface area contributed by atoms with E-state index in [4.69, 9.17) is 0 Å². The predicted molar refractivity (Wildman–Crippen MR) is 72.0 cm³/mol. The average molecular weight is 261 g/mol. The Morgan fingerprint density at radius 3 is 2.42 bits per heavy atom. The molecule has 1 N–H and O–H groups in total. The Hall–Kier alpha value is -1.84. The van der Waals surface area contributed by atoms with Crippen LogP contribution in [0.1, 0.15) is 47.5 Å². The third-order valence-electron chi connectivity index (χ3n) is 3.62.